The molecule has 17 heavy (non-hydrogen) atoms. The van der Waals surface area contributed by atoms with Crippen molar-refractivity contribution in [1.82, 2.24) is 4.90 Å². The summed E-state index contributed by atoms with van der Waals surface area (Å²) in [6, 6.07) is 3.05. The minimum Gasteiger partial charge on any atom is -0.288 e. The Morgan fingerprint density at radius 2 is 1.71 bits per heavy atom. The zero-order valence-electron chi connectivity index (χ0n) is 11.5. The van der Waals surface area contributed by atoms with Crippen LogP contribution in [0.25, 0.3) is 0 Å². The molecule has 2 nitrogen and oxygen atoms in total. The first-order valence-electron chi connectivity index (χ1n) is 7.49. The molecule has 0 radical (unpaired) electrons. The van der Waals surface area contributed by atoms with E-state index in [1.807, 2.05) is 0 Å². The molecule has 0 spiro atoms. The van der Waals surface area contributed by atoms with Crippen molar-refractivity contribution in [3.05, 3.63) is 0 Å². The van der Waals surface area contributed by atoms with Gasteiger partial charge in [-0.25, -0.2) is 0 Å². The lowest BCUT2D eigenvalue weighted by molar-refractivity contribution is 0.217. The maximum absolute atomic E-state index is 8.88. The van der Waals surface area contributed by atoms with Crippen molar-refractivity contribution in [1.29, 1.82) is 5.26 Å². The maximum Gasteiger partial charge on any atom is 0.0868 e. The zero-order valence-corrected chi connectivity index (χ0v) is 11.5. The first-order valence-corrected chi connectivity index (χ1v) is 7.49. The van der Waals surface area contributed by atoms with Gasteiger partial charge in [-0.05, 0) is 25.8 Å². The Morgan fingerprint density at radius 3 is 2.35 bits per heavy atom. The number of nitriles is 1. The first-order chi connectivity index (χ1) is 8.38. The third-order valence-corrected chi connectivity index (χ3v) is 3.91. The predicted octanol–water partition coefficient (Wildman–Crippen LogP) is 4.12. The van der Waals surface area contributed by atoms with E-state index in [1.54, 1.807) is 0 Å². The highest BCUT2D eigenvalue weighted by Crippen LogP contribution is 2.23. The van der Waals surface area contributed by atoms with Crippen LogP contribution in [-0.4, -0.2) is 24.0 Å². The number of unbranched alkanes of at least 4 members (excludes halogenated alkanes) is 5. The quantitative estimate of drug-likeness (QED) is 0.445. The number of nitrogens with zero attached hydrogens (tertiary/aromatic N) is 2. The van der Waals surface area contributed by atoms with Crippen LogP contribution in [0.4, 0.5) is 0 Å². The van der Waals surface area contributed by atoms with E-state index in [4.69, 9.17) is 5.26 Å². The van der Waals surface area contributed by atoms with E-state index in [0.29, 0.717) is 12.6 Å². The van der Waals surface area contributed by atoms with E-state index in [2.05, 4.69) is 17.9 Å². The molecular weight excluding hydrogens is 208 g/mol. The van der Waals surface area contributed by atoms with Crippen LogP contribution in [0.1, 0.15) is 71.1 Å². The molecule has 1 aliphatic rings. The lowest BCUT2D eigenvalue weighted by Gasteiger charge is -2.26. The fourth-order valence-electron chi connectivity index (χ4n) is 2.85. The standard InChI is InChI=1S/C15H28N2/c1-2-3-4-5-6-9-13-17(14-12-16)15-10-7-8-11-15/h15H,2-11,13-14H2,1H3. The normalized spacial score (nSPS) is 16.5. The molecule has 98 valence electrons. The minimum atomic E-state index is 0.639. The Hall–Kier alpha value is -0.550. The molecule has 0 aromatic carbocycles. The zero-order chi connectivity index (χ0) is 12.3. The molecule has 0 atom stereocenters. The number of rotatable bonds is 9. The van der Waals surface area contributed by atoms with Crippen LogP contribution in [-0.2, 0) is 0 Å². The van der Waals surface area contributed by atoms with Crippen molar-refractivity contribution in [2.75, 3.05) is 13.1 Å². The van der Waals surface area contributed by atoms with Gasteiger partial charge in [0.1, 0.15) is 0 Å². The van der Waals surface area contributed by atoms with Gasteiger partial charge in [0.15, 0.2) is 0 Å². The van der Waals surface area contributed by atoms with Crippen molar-refractivity contribution in [2.24, 2.45) is 0 Å². The molecule has 0 bridgehead atoms. The van der Waals surface area contributed by atoms with Gasteiger partial charge in [0.25, 0.3) is 0 Å². The van der Waals surface area contributed by atoms with E-state index in [9.17, 15) is 0 Å². The van der Waals surface area contributed by atoms with Gasteiger partial charge in [-0.15, -0.1) is 0 Å². The predicted molar refractivity (Wildman–Crippen MR) is 72.8 cm³/mol. The van der Waals surface area contributed by atoms with Crippen LogP contribution in [0.3, 0.4) is 0 Å². The van der Waals surface area contributed by atoms with Crippen LogP contribution < -0.4 is 0 Å². The van der Waals surface area contributed by atoms with E-state index < -0.39 is 0 Å². The van der Waals surface area contributed by atoms with Crippen molar-refractivity contribution in [3.8, 4) is 6.07 Å². The highest BCUT2D eigenvalue weighted by atomic mass is 15.1. The molecule has 0 unspecified atom stereocenters. The second-order valence-electron chi connectivity index (χ2n) is 5.33. The van der Waals surface area contributed by atoms with Crippen LogP contribution in [0, 0.1) is 11.3 Å². The smallest absolute Gasteiger partial charge is 0.0868 e. The van der Waals surface area contributed by atoms with Crippen LogP contribution >= 0.6 is 0 Å². The lowest BCUT2D eigenvalue weighted by Crippen LogP contribution is -2.34. The summed E-state index contributed by atoms with van der Waals surface area (Å²) in [5, 5.41) is 8.88. The van der Waals surface area contributed by atoms with E-state index in [-0.39, 0.29) is 0 Å². The van der Waals surface area contributed by atoms with Gasteiger partial charge in [-0.2, -0.15) is 5.26 Å². The van der Waals surface area contributed by atoms with Crippen LogP contribution in [0.15, 0.2) is 0 Å². The lowest BCUT2D eigenvalue weighted by atomic mass is 10.1. The number of hydrogen-bond acceptors (Lipinski definition) is 2. The summed E-state index contributed by atoms with van der Waals surface area (Å²) in [6.45, 7) is 4.04. The van der Waals surface area contributed by atoms with E-state index in [0.717, 1.165) is 6.54 Å². The van der Waals surface area contributed by atoms with Crippen molar-refractivity contribution in [2.45, 2.75) is 77.2 Å². The van der Waals surface area contributed by atoms with Crippen molar-refractivity contribution < 1.29 is 0 Å². The highest BCUT2D eigenvalue weighted by Gasteiger charge is 2.21. The highest BCUT2D eigenvalue weighted by molar-refractivity contribution is 4.84. The summed E-state index contributed by atoms with van der Waals surface area (Å²) in [5.41, 5.74) is 0. The maximum atomic E-state index is 8.88. The molecule has 2 heteroatoms. The van der Waals surface area contributed by atoms with Gasteiger partial charge >= 0.3 is 0 Å². The average molecular weight is 236 g/mol. The van der Waals surface area contributed by atoms with Gasteiger partial charge in [0.05, 0.1) is 12.6 Å². The van der Waals surface area contributed by atoms with Crippen LogP contribution in [0.2, 0.25) is 0 Å². The molecule has 0 aromatic heterocycles. The molecule has 0 N–H and O–H groups in total. The second kappa shape index (κ2) is 9.48. The summed E-state index contributed by atoms with van der Waals surface area (Å²) in [5.74, 6) is 0. The van der Waals surface area contributed by atoms with Crippen LogP contribution in [0.5, 0.6) is 0 Å². The van der Waals surface area contributed by atoms with E-state index in [1.165, 1.54) is 64.2 Å². The van der Waals surface area contributed by atoms with Gasteiger partial charge in [0, 0.05) is 6.04 Å². The molecule has 0 heterocycles. The molecule has 1 aliphatic carbocycles. The van der Waals surface area contributed by atoms with Gasteiger partial charge in [0.2, 0.25) is 0 Å². The Morgan fingerprint density at radius 1 is 1.06 bits per heavy atom. The molecular formula is C15H28N2. The molecule has 0 aromatic rings. The Balaban J connectivity index is 2.09. The van der Waals surface area contributed by atoms with Crippen molar-refractivity contribution >= 4 is 0 Å². The summed E-state index contributed by atoms with van der Waals surface area (Å²) in [4.78, 5) is 2.42. The second-order valence-corrected chi connectivity index (χ2v) is 5.33. The Bertz CT molecular complexity index is 213. The summed E-state index contributed by atoms with van der Waals surface area (Å²) in [6.07, 6.45) is 13.4. The summed E-state index contributed by atoms with van der Waals surface area (Å²) in [7, 11) is 0. The molecule has 0 aliphatic heterocycles. The first kappa shape index (κ1) is 14.5. The largest absolute Gasteiger partial charge is 0.288 e. The Kier molecular flexibility index (Phi) is 8.09. The topological polar surface area (TPSA) is 27.0 Å². The van der Waals surface area contributed by atoms with Gasteiger partial charge in [-0.1, -0.05) is 51.9 Å². The molecule has 0 amide bonds. The monoisotopic (exact) mass is 236 g/mol. The molecule has 1 rings (SSSR count). The molecule has 1 saturated carbocycles. The van der Waals surface area contributed by atoms with Crippen molar-refractivity contribution in [3.63, 3.8) is 0 Å². The number of hydrogen-bond donors (Lipinski definition) is 0. The van der Waals surface area contributed by atoms with Gasteiger partial charge < -0.3 is 0 Å². The molecule has 1 fully saturated rings. The third kappa shape index (κ3) is 6.07. The fraction of sp³-hybridized carbons (Fsp3) is 0.933. The third-order valence-electron chi connectivity index (χ3n) is 3.91. The average Bonchev–Trinajstić information content (AvgIpc) is 2.86. The fourth-order valence-corrected chi connectivity index (χ4v) is 2.85. The Labute approximate surface area is 107 Å². The SMILES string of the molecule is CCCCCCCCN(CC#N)C1CCCC1. The molecule has 0 saturated heterocycles. The van der Waals surface area contributed by atoms with Gasteiger partial charge in [-0.3, -0.25) is 4.90 Å². The van der Waals surface area contributed by atoms with E-state index >= 15 is 0 Å². The summed E-state index contributed by atoms with van der Waals surface area (Å²) < 4.78 is 0. The minimum absolute atomic E-state index is 0.639. The summed E-state index contributed by atoms with van der Waals surface area (Å²) >= 11 is 0.